The Morgan fingerprint density at radius 1 is 0.933 bits per heavy atom. The van der Waals surface area contributed by atoms with Crippen LogP contribution < -0.4 is 10.4 Å². The summed E-state index contributed by atoms with van der Waals surface area (Å²) in [7, 11) is -2.72. The van der Waals surface area contributed by atoms with Crippen molar-refractivity contribution < 1.29 is 23.4 Å². The molecule has 0 spiro atoms. The minimum absolute atomic E-state index is 0.108. The Labute approximate surface area is 179 Å². The van der Waals surface area contributed by atoms with E-state index in [-0.39, 0.29) is 17.4 Å². The van der Waals surface area contributed by atoms with Crippen LogP contribution in [0.2, 0.25) is 5.04 Å². The molecule has 0 aromatic heterocycles. The molecular formula is C24H30O5Si. The predicted octanol–water partition coefficient (Wildman–Crippen LogP) is 3.01. The number of ketones is 1. The van der Waals surface area contributed by atoms with E-state index in [2.05, 4.69) is 45.0 Å². The Morgan fingerprint density at radius 3 is 1.93 bits per heavy atom. The van der Waals surface area contributed by atoms with Gasteiger partial charge < -0.3 is 18.6 Å². The third kappa shape index (κ3) is 3.67. The van der Waals surface area contributed by atoms with E-state index < -0.39 is 32.6 Å². The lowest BCUT2D eigenvalue weighted by Crippen LogP contribution is -2.67. The van der Waals surface area contributed by atoms with Gasteiger partial charge in [0.2, 0.25) is 0 Å². The van der Waals surface area contributed by atoms with Gasteiger partial charge in [-0.25, -0.2) is 0 Å². The molecule has 0 saturated carbocycles. The van der Waals surface area contributed by atoms with Crippen LogP contribution in [-0.4, -0.2) is 45.0 Å². The highest BCUT2D eigenvalue weighted by Gasteiger charge is 2.56. The molecule has 2 aliphatic rings. The van der Waals surface area contributed by atoms with E-state index in [9.17, 15) is 4.79 Å². The Balaban J connectivity index is 1.66. The lowest BCUT2D eigenvalue weighted by atomic mass is 10.2. The molecule has 0 bridgehead atoms. The van der Waals surface area contributed by atoms with Gasteiger partial charge in [-0.15, -0.1) is 0 Å². The summed E-state index contributed by atoms with van der Waals surface area (Å²) in [6.45, 7) is 10.4. The van der Waals surface area contributed by atoms with E-state index in [1.165, 1.54) is 10.4 Å². The molecule has 30 heavy (non-hydrogen) atoms. The van der Waals surface area contributed by atoms with Crippen LogP contribution in [0.4, 0.5) is 0 Å². The highest BCUT2D eigenvalue weighted by atomic mass is 28.4. The smallest absolute Gasteiger partial charge is 0.261 e. The lowest BCUT2D eigenvalue weighted by Gasteiger charge is -2.43. The molecular weight excluding hydrogens is 396 g/mol. The van der Waals surface area contributed by atoms with E-state index in [4.69, 9.17) is 18.6 Å². The molecule has 0 unspecified atom stereocenters. The van der Waals surface area contributed by atoms with Gasteiger partial charge in [-0.2, -0.15) is 0 Å². The van der Waals surface area contributed by atoms with Gasteiger partial charge in [0.1, 0.15) is 6.10 Å². The molecule has 5 nitrogen and oxygen atoms in total. The molecule has 2 fully saturated rings. The minimum Gasteiger partial charge on any atom is -0.404 e. The highest BCUT2D eigenvalue weighted by Crippen LogP contribution is 2.39. The fraction of sp³-hybridized carbons (Fsp3) is 0.458. The monoisotopic (exact) mass is 426 g/mol. The molecule has 3 atom stereocenters. The highest BCUT2D eigenvalue weighted by molar-refractivity contribution is 6.99. The van der Waals surface area contributed by atoms with Gasteiger partial charge in [-0.05, 0) is 29.3 Å². The summed E-state index contributed by atoms with van der Waals surface area (Å²) in [6, 6.07) is 20.7. The number of carbonyl (C=O) groups excluding carboxylic acids is 1. The molecule has 2 aliphatic heterocycles. The van der Waals surface area contributed by atoms with E-state index >= 15 is 0 Å². The summed E-state index contributed by atoms with van der Waals surface area (Å²) in [5, 5.41) is 2.17. The normalized spacial score (nSPS) is 26.0. The van der Waals surface area contributed by atoms with Gasteiger partial charge in [0.25, 0.3) is 8.32 Å². The maximum atomic E-state index is 12.9. The van der Waals surface area contributed by atoms with E-state index in [0.29, 0.717) is 0 Å². The van der Waals surface area contributed by atoms with Crippen LogP contribution >= 0.6 is 0 Å². The van der Waals surface area contributed by atoms with Crippen molar-refractivity contribution in [3.63, 3.8) is 0 Å². The molecule has 0 N–H and O–H groups in total. The van der Waals surface area contributed by atoms with E-state index in [0.717, 1.165) is 0 Å². The number of hydrogen-bond acceptors (Lipinski definition) is 5. The van der Waals surface area contributed by atoms with Crippen molar-refractivity contribution >= 4 is 24.5 Å². The first-order chi connectivity index (χ1) is 14.1. The van der Waals surface area contributed by atoms with Gasteiger partial charge in [0, 0.05) is 0 Å². The van der Waals surface area contributed by atoms with Crippen molar-refractivity contribution in [3.05, 3.63) is 60.7 Å². The number of benzene rings is 2. The van der Waals surface area contributed by atoms with Crippen molar-refractivity contribution in [1.29, 1.82) is 0 Å². The van der Waals surface area contributed by atoms with Gasteiger partial charge in [0.05, 0.1) is 6.61 Å². The predicted molar refractivity (Wildman–Crippen MR) is 117 cm³/mol. The lowest BCUT2D eigenvalue weighted by molar-refractivity contribution is -0.206. The second-order valence-electron chi connectivity index (χ2n) is 9.43. The number of carbonyl (C=O) groups is 1. The molecule has 0 radical (unpaired) electrons. The number of hydrogen-bond donors (Lipinski definition) is 0. The molecule has 2 saturated heterocycles. The topological polar surface area (TPSA) is 54.0 Å². The summed E-state index contributed by atoms with van der Waals surface area (Å²) in [5.41, 5.74) is 0. The van der Waals surface area contributed by atoms with Crippen molar-refractivity contribution in [3.8, 4) is 0 Å². The summed E-state index contributed by atoms with van der Waals surface area (Å²) < 4.78 is 24.2. The second-order valence-corrected chi connectivity index (χ2v) is 13.7. The zero-order chi connectivity index (χ0) is 21.6. The van der Waals surface area contributed by atoms with Gasteiger partial charge in [-0.3, -0.25) is 4.79 Å². The third-order valence-corrected chi connectivity index (χ3v) is 10.8. The van der Waals surface area contributed by atoms with E-state index in [1.807, 2.05) is 36.4 Å². The van der Waals surface area contributed by atoms with Crippen molar-refractivity contribution in [2.75, 3.05) is 6.61 Å². The summed E-state index contributed by atoms with van der Waals surface area (Å²) in [6.07, 6.45) is -2.05. The first-order valence-corrected chi connectivity index (χ1v) is 12.3. The van der Waals surface area contributed by atoms with Crippen LogP contribution in [0, 0.1) is 0 Å². The quantitative estimate of drug-likeness (QED) is 0.688. The zero-order valence-electron chi connectivity index (χ0n) is 18.3. The molecule has 2 heterocycles. The van der Waals surface area contributed by atoms with Crippen molar-refractivity contribution in [2.45, 2.75) is 63.9 Å². The van der Waals surface area contributed by atoms with Gasteiger partial charge in [0.15, 0.2) is 24.0 Å². The van der Waals surface area contributed by atoms with Crippen LogP contribution in [0.3, 0.4) is 0 Å². The average molecular weight is 427 g/mol. The maximum absolute atomic E-state index is 12.9. The number of rotatable bonds is 5. The third-order valence-electron chi connectivity index (χ3n) is 5.82. The fourth-order valence-corrected chi connectivity index (χ4v) is 9.07. The van der Waals surface area contributed by atoms with Crippen molar-refractivity contribution in [1.82, 2.24) is 0 Å². The summed E-state index contributed by atoms with van der Waals surface area (Å²) in [4.78, 5) is 12.9. The molecule has 4 rings (SSSR count). The molecule has 6 heteroatoms. The Hall–Kier alpha value is -1.83. The van der Waals surface area contributed by atoms with Gasteiger partial charge in [-0.1, -0.05) is 81.4 Å². The van der Waals surface area contributed by atoms with Crippen LogP contribution in [-0.2, 0) is 23.4 Å². The first-order valence-electron chi connectivity index (χ1n) is 10.4. The zero-order valence-corrected chi connectivity index (χ0v) is 19.3. The van der Waals surface area contributed by atoms with Crippen LogP contribution in [0.15, 0.2) is 60.7 Å². The number of ether oxygens (including phenoxy) is 3. The minimum atomic E-state index is -2.72. The Morgan fingerprint density at radius 2 is 1.47 bits per heavy atom. The van der Waals surface area contributed by atoms with Gasteiger partial charge >= 0.3 is 0 Å². The number of fused-ring (bicyclic) bond motifs is 1. The second kappa shape index (κ2) is 7.69. The number of Topliss-reactive ketones (excluding diaryl/α,β-unsaturated/α-hetero) is 1. The standard InChI is InChI=1S/C24H30O5Si/c1-23(2,3)30(17-12-8-6-9-13-17,18-14-10-7-11-15-18)26-16-19-20(25)21-22(27-19)29-24(4,5)28-21/h6-15,19,21-22H,16H2,1-5H3/t19-,21+,22+/m0/s1. The van der Waals surface area contributed by atoms with Crippen LogP contribution in [0.1, 0.15) is 34.6 Å². The fourth-order valence-electron chi connectivity index (χ4n) is 4.52. The molecule has 0 aliphatic carbocycles. The SMILES string of the molecule is CC1(C)O[C@H]2O[C@@H](CO[Si](c3ccccc3)(c3ccccc3)C(C)(C)C)C(=O)[C@H]2O1. The maximum Gasteiger partial charge on any atom is 0.261 e. The Kier molecular flexibility index (Phi) is 5.49. The van der Waals surface area contributed by atoms with Crippen LogP contribution in [0.5, 0.6) is 0 Å². The Bertz CT molecular complexity index is 851. The van der Waals surface area contributed by atoms with E-state index in [1.54, 1.807) is 13.8 Å². The average Bonchev–Trinajstić information content (AvgIpc) is 3.15. The molecule has 2 aromatic carbocycles. The molecule has 160 valence electrons. The largest absolute Gasteiger partial charge is 0.404 e. The van der Waals surface area contributed by atoms with Crippen LogP contribution in [0.25, 0.3) is 0 Å². The molecule has 0 amide bonds. The summed E-state index contributed by atoms with van der Waals surface area (Å²) in [5.74, 6) is -0.919. The first kappa shape index (κ1) is 21.4. The van der Waals surface area contributed by atoms with Crippen molar-refractivity contribution in [2.24, 2.45) is 0 Å². The molecule has 2 aromatic rings. The summed E-state index contributed by atoms with van der Waals surface area (Å²) >= 11 is 0.